The second-order valence-corrected chi connectivity index (χ2v) is 4.52. The van der Waals surface area contributed by atoms with Gasteiger partial charge in [-0.15, -0.1) is 0 Å². The fraction of sp³-hybridized carbons (Fsp3) is 0.429. The molecule has 1 atom stereocenters. The first-order valence-corrected chi connectivity index (χ1v) is 6.55. The van der Waals surface area contributed by atoms with Crippen molar-refractivity contribution in [2.75, 3.05) is 18.5 Å². The molecular weight excluding hydrogens is 260 g/mol. The van der Waals surface area contributed by atoms with Gasteiger partial charge in [-0.05, 0) is 31.5 Å². The maximum absolute atomic E-state index is 11.5. The molecule has 6 heteroatoms. The van der Waals surface area contributed by atoms with Gasteiger partial charge in [0.2, 0.25) is 0 Å². The van der Waals surface area contributed by atoms with E-state index in [1.54, 1.807) is 19.9 Å². The number of nitrogens with one attached hydrogen (secondary N) is 2. The molecular formula is C14H18N2O4. The monoisotopic (exact) mass is 278 g/mol. The number of amides is 1. The molecule has 1 aromatic rings. The van der Waals surface area contributed by atoms with E-state index in [1.807, 2.05) is 12.1 Å². The van der Waals surface area contributed by atoms with Gasteiger partial charge in [0.15, 0.2) is 6.61 Å². The number of rotatable bonds is 5. The molecule has 1 aliphatic heterocycles. The number of benzene rings is 1. The summed E-state index contributed by atoms with van der Waals surface area (Å²) in [5.41, 5.74) is 1.61. The maximum Gasteiger partial charge on any atom is 0.322 e. The molecule has 1 heterocycles. The lowest BCUT2D eigenvalue weighted by Crippen LogP contribution is -2.35. The minimum atomic E-state index is -0.378. The Morgan fingerprint density at radius 3 is 3.10 bits per heavy atom. The highest BCUT2D eigenvalue weighted by Gasteiger charge is 2.17. The highest BCUT2D eigenvalue weighted by molar-refractivity contribution is 5.95. The topological polar surface area (TPSA) is 76.7 Å². The Hall–Kier alpha value is -2.08. The molecule has 0 spiro atoms. The van der Waals surface area contributed by atoms with Crippen LogP contribution in [0.15, 0.2) is 18.2 Å². The van der Waals surface area contributed by atoms with Crippen molar-refractivity contribution in [3.63, 3.8) is 0 Å². The molecule has 0 saturated carbocycles. The Morgan fingerprint density at radius 2 is 2.35 bits per heavy atom. The number of carbonyl (C=O) groups is 2. The van der Waals surface area contributed by atoms with Crippen LogP contribution in [-0.2, 0) is 20.9 Å². The Bertz CT molecular complexity index is 516. The van der Waals surface area contributed by atoms with E-state index >= 15 is 0 Å². The average Bonchev–Trinajstić information content (AvgIpc) is 2.44. The van der Waals surface area contributed by atoms with Crippen LogP contribution in [0.5, 0.6) is 5.75 Å². The molecule has 0 aliphatic carbocycles. The third-order valence-corrected chi connectivity index (χ3v) is 2.93. The molecule has 0 radical (unpaired) electrons. The minimum Gasteiger partial charge on any atom is -0.482 e. The normalized spacial score (nSPS) is 14.8. The largest absolute Gasteiger partial charge is 0.482 e. The summed E-state index contributed by atoms with van der Waals surface area (Å²) in [5, 5.41) is 5.82. The van der Waals surface area contributed by atoms with Crippen LogP contribution in [-0.4, -0.2) is 31.1 Å². The standard InChI is InChI=1S/C14H18N2O4/c1-3-19-14(18)9(2)15-7-10-4-5-12-11(6-10)16-13(17)8-20-12/h4-6,9,15H,3,7-8H2,1-2H3,(H,16,17). The molecule has 1 amide bonds. The average molecular weight is 278 g/mol. The molecule has 0 aromatic heterocycles. The lowest BCUT2D eigenvalue weighted by Gasteiger charge is -2.19. The Morgan fingerprint density at radius 1 is 1.55 bits per heavy atom. The van der Waals surface area contributed by atoms with Gasteiger partial charge in [-0.1, -0.05) is 6.07 Å². The summed E-state index contributed by atoms with van der Waals surface area (Å²) in [6, 6.07) is 5.15. The summed E-state index contributed by atoms with van der Waals surface area (Å²) in [5.74, 6) is 0.219. The van der Waals surface area contributed by atoms with E-state index in [-0.39, 0.29) is 24.5 Å². The van der Waals surface area contributed by atoms with E-state index < -0.39 is 0 Å². The van der Waals surface area contributed by atoms with E-state index in [0.717, 1.165) is 5.56 Å². The molecule has 1 aromatic carbocycles. The zero-order valence-electron chi connectivity index (χ0n) is 11.6. The van der Waals surface area contributed by atoms with Crippen molar-refractivity contribution in [2.24, 2.45) is 0 Å². The van der Waals surface area contributed by atoms with E-state index in [1.165, 1.54) is 0 Å². The zero-order chi connectivity index (χ0) is 14.5. The summed E-state index contributed by atoms with van der Waals surface area (Å²) in [6.07, 6.45) is 0. The van der Waals surface area contributed by atoms with Gasteiger partial charge in [0, 0.05) is 6.54 Å². The second-order valence-electron chi connectivity index (χ2n) is 4.52. The number of esters is 1. The summed E-state index contributed by atoms with van der Waals surface area (Å²) >= 11 is 0. The Kier molecular flexibility index (Phi) is 4.57. The molecule has 20 heavy (non-hydrogen) atoms. The molecule has 0 fully saturated rings. The molecule has 2 rings (SSSR count). The van der Waals surface area contributed by atoms with E-state index in [0.29, 0.717) is 24.6 Å². The highest BCUT2D eigenvalue weighted by Crippen LogP contribution is 2.28. The fourth-order valence-electron chi connectivity index (χ4n) is 1.86. The van der Waals surface area contributed by atoms with Crippen LogP contribution < -0.4 is 15.4 Å². The van der Waals surface area contributed by atoms with Crippen LogP contribution in [0.4, 0.5) is 5.69 Å². The number of ether oxygens (including phenoxy) is 2. The van der Waals surface area contributed by atoms with Gasteiger partial charge >= 0.3 is 5.97 Å². The first kappa shape index (κ1) is 14.3. The van der Waals surface area contributed by atoms with Crippen LogP contribution in [0.3, 0.4) is 0 Å². The summed E-state index contributed by atoms with van der Waals surface area (Å²) in [4.78, 5) is 22.7. The predicted octanol–water partition coefficient (Wildman–Crippen LogP) is 1.06. The molecule has 6 nitrogen and oxygen atoms in total. The molecule has 0 bridgehead atoms. The first-order chi connectivity index (χ1) is 9.60. The number of carbonyl (C=O) groups excluding carboxylic acids is 2. The van der Waals surface area contributed by atoms with Gasteiger partial charge in [0.1, 0.15) is 11.8 Å². The summed E-state index contributed by atoms with van der Waals surface area (Å²) in [7, 11) is 0. The van der Waals surface area contributed by atoms with Crippen molar-refractivity contribution < 1.29 is 19.1 Å². The van der Waals surface area contributed by atoms with Crippen LogP contribution in [0, 0.1) is 0 Å². The number of anilines is 1. The quantitative estimate of drug-likeness (QED) is 0.788. The highest BCUT2D eigenvalue weighted by atomic mass is 16.5. The Balaban J connectivity index is 1.95. The van der Waals surface area contributed by atoms with Gasteiger partial charge in [-0.25, -0.2) is 0 Å². The molecule has 1 unspecified atom stereocenters. The Labute approximate surface area is 117 Å². The molecule has 108 valence electrons. The number of hydrogen-bond acceptors (Lipinski definition) is 5. The minimum absolute atomic E-state index is 0.0461. The third-order valence-electron chi connectivity index (χ3n) is 2.93. The lowest BCUT2D eigenvalue weighted by atomic mass is 10.1. The van der Waals surface area contributed by atoms with E-state index in [4.69, 9.17) is 9.47 Å². The number of fused-ring (bicyclic) bond motifs is 1. The summed E-state index contributed by atoms with van der Waals surface area (Å²) < 4.78 is 10.2. The second kappa shape index (κ2) is 6.38. The smallest absolute Gasteiger partial charge is 0.322 e. The molecule has 1 aliphatic rings. The van der Waals surface area contributed by atoms with Crippen molar-refractivity contribution in [1.82, 2.24) is 5.32 Å². The fourth-order valence-corrected chi connectivity index (χ4v) is 1.86. The first-order valence-electron chi connectivity index (χ1n) is 6.55. The van der Waals surface area contributed by atoms with Crippen LogP contribution in [0.25, 0.3) is 0 Å². The van der Waals surface area contributed by atoms with Crippen LogP contribution >= 0.6 is 0 Å². The predicted molar refractivity (Wildman–Crippen MR) is 73.5 cm³/mol. The SMILES string of the molecule is CCOC(=O)C(C)NCc1ccc2c(c1)NC(=O)CO2. The summed E-state index contributed by atoms with van der Waals surface area (Å²) in [6.45, 7) is 4.44. The van der Waals surface area contributed by atoms with Gasteiger partial charge in [-0.2, -0.15) is 0 Å². The van der Waals surface area contributed by atoms with Crippen molar-refractivity contribution in [1.29, 1.82) is 0 Å². The molecule has 0 saturated heterocycles. The van der Waals surface area contributed by atoms with Crippen LogP contribution in [0.1, 0.15) is 19.4 Å². The van der Waals surface area contributed by atoms with Crippen LogP contribution in [0.2, 0.25) is 0 Å². The van der Waals surface area contributed by atoms with Crippen molar-refractivity contribution in [3.8, 4) is 5.75 Å². The lowest BCUT2D eigenvalue weighted by molar-refractivity contribution is -0.145. The van der Waals surface area contributed by atoms with Gasteiger partial charge in [0.25, 0.3) is 5.91 Å². The van der Waals surface area contributed by atoms with E-state index in [9.17, 15) is 9.59 Å². The zero-order valence-corrected chi connectivity index (χ0v) is 11.6. The third kappa shape index (κ3) is 3.48. The number of hydrogen-bond donors (Lipinski definition) is 2. The van der Waals surface area contributed by atoms with Crippen molar-refractivity contribution >= 4 is 17.6 Å². The van der Waals surface area contributed by atoms with Gasteiger partial charge in [0.05, 0.1) is 12.3 Å². The van der Waals surface area contributed by atoms with Gasteiger partial charge in [-0.3, -0.25) is 9.59 Å². The van der Waals surface area contributed by atoms with Crippen molar-refractivity contribution in [2.45, 2.75) is 26.4 Å². The van der Waals surface area contributed by atoms with Crippen molar-refractivity contribution in [3.05, 3.63) is 23.8 Å². The maximum atomic E-state index is 11.5. The van der Waals surface area contributed by atoms with E-state index in [2.05, 4.69) is 10.6 Å². The van der Waals surface area contributed by atoms with Gasteiger partial charge < -0.3 is 20.1 Å². The molecule has 2 N–H and O–H groups in total.